The van der Waals surface area contributed by atoms with Crippen molar-refractivity contribution >= 4 is 23.0 Å². The first kappa shape index (κ1) is 23.1. The fourth-order valence-electron chi connectivity index (χ4n) is 4.05. The number of benzene rings is 3. The van der Waals surface area contributed by atoms with E-state index in [2.05, 4.69) is 10.2 Å². The molecule has 3 aromatic carbocycles. The van der Waals surface area contributed by atoms with Gasteiger partial charge in [0.15, 0.2) is 0 Å². The molecule has 0 unspecified atom stereocenters. The van der Waals surface area contributed by atoms with Gasteiger partial charge in [0.05, 0.1) is 11.5 Å². The number of carbonyl (C=O) groups excluding carboxylic acids is 1. The first-order valence-electron chi connectivity index (χ1n) is 11.4. The zero-order valence-corrected chi connectivity index (χ0v) is 19.1. The first-order chi connectivity index (χ1) is 16.5. The Kier molecular flexibility index (Phi) is 7.27. The van der Waals surface area contributed by atoms with Crippen LogP contribution in [-0.4, -0.2) is 48.5 Å². The van der Waals surface area contributed by atoms with Gasteiger partial charge in [0, 0.05) is 50.0 Å². The van der Waals surface area contributed by atoms with E-state index < -0.39 is 0 Å². The highest BCUT2D eigenvalue weighted by Gasteiger charge is 2.24. The van der Waals surface area contributed by atoms with Crippen molar-refractivity contribution in [1.82, 2.24) is 4.90 Å². The van der Waals surface area contributed by atoms with Gasteiger partial charge in [-0.25, -0.2) is 0 Å². The van der Waals surface area contributed by atoms with Crippen molar-refractivity contribution in [1.29, 1.82) is 0 Å². The second-order valence-electron chi connectivity index (χ2n) is 8.04. The van der Waals surface area contributed by atoms with E-state index in [4.69, 9.17) is 4.74 Å². The molecule has 8 heteroatoms. The highest BCUT2D eigenvalue weighted by Crippen LogP contribution is 2.31. The second-order valence-corrected chi connectivity index (χ2v) is 8.04. The summed E-state index contributed by atoms with van der Waals surface area (Å²) in [5, 5.41) is 14.7. The third-order valence-electron chi connectivity index (χ3n) is 5.83. The van der Waals surface area contributed by atoms with Crippen molar-refractivity contribution < 1.29 is 14.5 Å². The Balaban J connectivity index is 1.43. The summed E-state index contributed by atoms with van der Waals surface area (Å²) in [5.41, 5.74) is 3.08. The smallest absolute Gasteiger partial charge is 0.292 e. The lowest BCUT2D eigenvalue weighted by molar-refractivity contribution is -0.384. The van der Waals surface area contributed by atoms with Crippen molar-refractivity contribution in [2.24, 2.45) is 0 Å². The summed E-state index contributed by atoms with van der Waals surface area (Å²) >= 11 is 0. The van der Waals surface area contributed by atoms with Crippen LogP contribution >= 0.6 is 0 Å². The first-order valence-corrected chi connectivity index (χ1v) is 11.4. The summed E-state index contributed by atoms with van der Waals surface area (Å²) in [5.74, 6) is 0.670. The second kappa shape index (κ2) is 10.7. The van der Waals surface area contributed by atoms with Crippen LogP contribution in [-0.2, 0) is 6.54 Å². The molecule has 3 aromatic rings. The molecule has 1 amide bonds. The molecule has 1 aliphatic heterocycles. The largest absolute Gasteiger partial charge is 0.494 e. The van der Waals surface area contributed by atoms with Crippen LogP contribution in [0.3, 0.4) is 0 Å². The Hall–Kier alpha value is -4.07. The Morgan fingerprint density at radius 1 is 1.00 bits per heavy atom. The van der Waals surface area contributed by atoms with Crippen LogP contribution in [0.4, 0.5) is 17.1 Å². The normalized spacial score (nSPS) is 13.4. The maximum atomic E-state index is 13.0. The molecule has 1 N–H and O–H groups in total. The van der Waals surface area contributed by atoms with Crippen LogP contribution in [0.15, 0.2) is 72.8 Å². The lowest BCUT2D eigenvalue weighted by atomic mass is 10.1. The maximum absolute atomic E-state index is 13.0. The molecule has 1 heterocycles. The van der Waals surface area contributed by atoms with E-state index in [1.54, 1.807) is 24.3 Å². The van der Waals surface area contributed by atoms with Crippen LogP contribution in [0.5, 0.6) is 5.75 Å². The summed E-state index contributed by atoms with van der Waals surface area (Å²) in [4.78, 5) is 28.1. The number of ether oxygens (including phenoxy) is 1. The van der Waals surface area contributed by atoms with Gasteiger partial charge >= 0.3 is 0 Å². The minimum absolute atomic E-state index is 0.0184. The number of hydrogen-bond donors (Lipinski definition) is 1. The van der Waals surface area contributed by atoms with Crippen molar-refractivity contribution in [3.63, 3.8) is 0 Å². The van der Waals surface area contributed by atoms with Crippen molar-refractivity contribution in [3.8, 4) is 5.75 Å². The molecule has 8 nitrogen and oxygen atoms in total. The minimum atomic E-state index is -0.371. The van der Waals surface area contributed by atoms with Crippen LogP contribution in [0.2, 0.25) is 0 Å². The fraction of sp³-hybridized carbons (Fsp3) is 0.269. The highest BCUT2D eigenvalue weighted by molar-refractivity contribution is 5.94. The third kappa shape index (κ3) is 5.46. The molecular weight excluding hydrogens is 432 g/mol. The van der Waals surface area contributed by atoms with E-state index >= 15 is 0 Å². The quantitative estimate of drug-likeness (QED) is 0.391. The van der Waals surface area contributed by atoms with Gasteiger partial charge in [-0.15, -0.1) is 0 Å². The van der Waals surface area contributed by atoms with E-state index in [9.17, 15) is 14.9 Å². The van der Waals surface area contributed by atoms with E-state index in [-0.39, 0.29) is 16.5 Å². The lowest BCUT2D eigenvalue weighted by Crippen LogP contribution is -2.48. The molecule has 0 saturated carbocycles. The molecule has 1 saturated heterocycles. The van der Waals surface area contributed by atoms with Crippen LogP contribution in [0.25, 0.3) is 0 Å². The van der Waals surface area contributed by atoms with Crippen LogP contribution in [0.1, 0.15) is 22.8 Å². The van der Waals surface area contributed by atoms with Gasteiger partial charge < -0.3 is 19.9 Å². The average Bonchev–Trinajstić information content (AvgIpc) is 2.88. The molecule has 0 radical (unpaired) electrons. The van der Waals surface area contributed by atoms with Gasteiger partial charge in [-0.05, 0) is 42.8 Å². The summed E-state index contributed by atoms with van der Waals surface area (Å²) in [6.45, 7) is 5.39. The molecule has 4 rings (SSSR count). The number of nitrogens with zero attached hydrogens (tertiary/aromatic N) is 3. The number of nitro benzene ring substituents is 1. The van der Waals surface area contributed by atoms with Gasteiger partial charge in [0.2, 0.25) is 0 Å². The number of nitro groups is 1. The van der Waals surface area contributed by atoms with Gasteiger partial charge in [0.1, 0.15) is 11.4 Å². The minimum Gasteiger partial charge on any atom is -0.494 e. The maximum Gasteiger partial charge on any atom is 0.292 e. The van der Waals surface area contributed by atoms with Crippen LogP contribution < -0.4 is 15.0 Å². The van der Waals surface area contributed by atoms with Gasteiger partial charge in [-0.2, -0.15) is 0 Å². The van der Waals surface area contributed by atoms with Gasteiger partial charge in [0.25, 0.3) is 11.6 Å². The standard InChI is InChI=1S/C26H28N4O4/c1-2-34-23-10-6-9-21(17-23)26(31)29-15-13-28(14-16-29)22-11-12-25(30(32)33)24(18-22)27-19-20-7-4-3-5-8-20/h3-12,17-18,27H,2,13-16,19H2,1H3. The van der Waals surface area contributed by atoms with Gasteiger partial charge in [-0.3, -0.25) is 14.9 Å². The number of rotatable bonds is 8. The SMILES string of the molecule is CCOc1cccc(C(=O)N2CCN(c3ccc([N+](=O)[O-])c(NCc4ccccc4)c3)CC2)c1. The Morgan fingerprint density at radius 3 is 2.47 bits per heavy atom. The number of hydrogen-bond acceptors (Lipinski definition) is 6. The van der Waals surface area contributed by atoms with Gasteiger partial charge in [-0.1, -0.05) is 36.4 Å². The topological polar surface area (TPSA) is 88.0 Å². The molecular formula is C26H28N4O4. The van der Waals surface area contributed by atoms with Crippen molar-refractivity contribution in [3.05, 3.63) is 94.0 Å². The molecule has 0 atom stereocenters. The average molecular weight is 461 g/mol. The van der Waals surface area contributed by atoms with E-state index in [1.807, 2.05) is 60.4 Å². The molecule has 0 aromatic heterocycles. The van der Waals surface area contributed by atoms with Crippen LogP contribution in [0, 0.1) is 10.1 Å². The Bertz CT molecular complexity index is 1140. The number of anilines is 2. The summed E-state index contributed by atoms with van der Waals surface area (Å²) in [6, 6.07) is 22.2. The molecule has 0 spiro atoms. The molecule has 0 bridgehead atoms. The summed E-state index contributed by atoms with van der Waals surface area (Å²) in [7, 11) is 0. The molecule has 0 aliphatic carbocycles. The third-order valence-corrected chi connectivity index (χ3v) is 5.83. The van der Waals surface area contributed by atoms with E-state index in [1.165, 1.54) is 0 Å². The zero-order valence-electron chi connectivity index (χ0n) is 19.1. The highest BCUT2D eigenvalue weighted by atomic mass is 16.6. The lowest BCUT2D eigenvalue weighted by Gasteiger charge is -2.36. The van der Waals surface area contributed by atoms with E-state index in [0.29, 0.717) is 56.3 Å². The molecule has 1 aliphatic rings. The monoisotopic (exact) mass is 460 g/mol. The zero-order chi connectivity index (χ0) is 23.9. The Labute approximate surface area is 198 Å². The van der Waals surface area contributed by atoms with Crippen molar-refractivity contribution in [2.45, 2.75) is 13.5 Å². The fourth-order valence-corrected chi connectivity index (χ4v) is 4.05. The number of piperazine rings is 1. The Morgan fingerprint density at radius 2 is 1.76 bits per heavy atom. The number of carbonyl (C=O) groups is 1. The van der Waals surface area contributed by atoms with Crippen molar-refractivity contribution in [2.75, 3.05) is 43.0 Å². The number of amides is 1. The summed E-state index contributed by atoms with van der Waals surface area (Å²) in [6.07, 6.45) is 0. The molecule has 34 heavy (non-hydrogen) atoms. The molecule has 176 valence electrons. The summed E-state index contributed by atoms with van der Waals surface area (Å²) < 4.78 is 5.51. The van der Waals surface area contributed by atoms with E-state index in [0.717, 1.165) is 11.3 Å². The number of nitrogens with one attached hydrogen (secondary N) is 1. The predicted octanol–water partition coefficient (Wildman–Crippen LogP) is 4.57. The molecule has 1 fully saturated rings. The predicted molar refractivity (Wildman–Crippen MR) is 133 cm³/mol.